The van der Waals surface area contributed by atoms with Gasteiger partial charge in [-0.15, -0.1) is 0 Å². The van der Waals surface area contributed by atoms with Crippen LogP contribution in [0.1, 0.15) is 11.1 Å². The van der Waals surface area contributed by atoms with Crippen molar-refractivity contribution in [2.24, 2.45) is 0 Å². The smallest absolute Gasteiger partial charge is 0.101 e. The minimum absolute atomic E-state index is 0.392. The summed E-state index contributed by atoms with van der Waals surface area (Å²) in [6.07, 6.45) is 0. The number of rotatable bonds is 2. The van der Waals surface area contributed by atoms with E-state index in [2.05, 4.69) is 17.5 Å². The summed E-state index contributed by atoms with van der Waals surface area (Å²) in [5, 5.41) is 21.3. The van der Waals surface area contributed by atoms with Gasteiger partial charge >= 0.3 is 0 Å². The molecule has 0 saturated heterocycles. The molecule has 0 atom stereocenters. The van der Waals surface area contributed by atoms with Crippen molar-refractivity contribution in [1.82, 2.24) is 0 Å². The average Bonchev–Trinajstić information content (AvgIpc) is 2.46. The van der Waals surface area contributed by atoms with Crippen LogP contribution in [-0.2, 0) is 0 Å². The zero-order chi connectivity index (χ0) is 13.0. The molecule has 0 fully saturated rings. The largest absolute Gasteiger partial charge is 0.388 e. The van der Waals surface area contributed by atoms with Gasteiger partial charge in [-0.25, -0.2) is 0 Å². The van der Waals surface area contributed by atoms with Crippen molar-refractivity contribution in [2.45, 2.75) is 0 Å². The van der Waals surface area contributed by atoms with Gasteiger partial charge in [0.1, 0.15) is 12.1 Å². The monoisotopic (exact) mass is 233 g/mol. The van der Waals surface area contributed by atoms with E-state index in [4.69, 9.17) is 5.26 Å². The number of hydrogen-bond donors (Lipinski definition) is 1. The highest BCUT2D eigenvalue weighted by molar-refractivity contribution is 5.77. The van der Waals surface area contributed by atoms with Gasteiger partial charge in [-0.1, -0.05) is 30.3 Å². The Hall–Kier alpha value is -2.78. The third-order valence-electron chi connectivity index (χ3n) is 2.74. The number of hydrogen-bond acceptors (Lipinski definition) is 3. The summed E-state index contributed by atoms with van der Waals surface area (Å²) < 4.78 is 0. The summed E-state index contributed by atoms with van der Waals surface area (Å²) in [6.45, 7) is 0. The molecule has 86 valence electrons. The zero-order valence-corrected chi connectivity index (χ0v) is 9.94. The predicted molar refractivity (Wildman–Crippen MR) is 70.9 cm³/mol. The van der Waals surface area contributed by atoms with E-state index in [1.165, 1.54) is 0 Å². The first-order chi connectivity index (χ1) is 8.80. The molecule has 2 aromatic rings. The molecule has 0 bridgehead atoms. The molecule has 0 amide bonds. The van der Waals surface area contributed by atoms with Crippen molar-refractivity contribution in [3.05, 3.63) is 53.6 Å². The van der Waals surface area contributed by atoms with Crippen molar-refractivity contribution < 1.29 is 0 Å². The zero-order valence-electron chi connectivity index (χ0n) is 9.94. The second-order valence-corrected chi connectivity index (χ2v) is 3.79. The van der Waals surface area contributed by atoms with Crippen LogP contribution in [-0.4, -0.2) is 7.05 Å². The molecule has 2 rings (SSSR count). The lowest BCUT2D eigenvalue weighted by atomic mass is 9.95. The van der Waals surface area contributed by atoms with E-state index in [-0.39, 0.29) is 0 Å². The summed E-state index contributed by atoms with van der Waals surface area (Å²) >= 11 is 0. The first kappa shape index (κ1) is 11.7. The van der Waals surface area contributed by atoms with E-state index in [1.54, 1.807) is 13.1 Å². The van der Waals surface area contributed by atoms with E-state index in [0.29, 0.717) is 11.1 Å². The Bertz CT molecular complexity index is 646. The molecule has 0 spiro atoms. The van der Waals surface area contributed by atoms with Crippen LogP contribution in [0.5, 0.6) is 0 Å². The van der Waals surface area contributed by atoms with E-state index < -0.39 is 0 Å². The summed E-state index contributed by atoms with van der Waals surface area (Å²) in [5.41, 5.74) is 3.35. The number of benzene rings is 2. The molecule has 0 heterocycles. The third-order valence-corrected chi connectivity index (χ3v) is 2.74. The van der Waals surface area contributed by atoms with Gasteiger partial charge in [0.2, 0.25) is 0 Å². The van der Waals surface area contributed by atoms with Crippen molar-refractivity contribution in [1.29, 1.82) is 10.5 Å². The fourth-order valence-corrected chi connectivity index (χ4v) is 1.84. The van der Waals surface area contributed by atoms with Gasteiger partial charge < -0.3 is 5.32 Å². The standard InChI is InChI=1S/C15H11N3/c1-18-13-7-12(9-16)15(10-17)14(8-13)11-5-3-2-4-6-11/h2-8,18H,1H3. The fraction of sp³-hybridized carbons (Fsp3) is 0.0667. The first-order valence-electron chi connectivity index (χ1n) is 5.51. The maximum atomic E-state index is 9.23. The van der Waals surface area contributed by atoms with Gasteiger partial charge in [-0.3, -0.25) is 0 Å². The molecule has 0 aliphatic carbocycles. The molecular weight excluding hydrogens is 222 g/mol. The first-order valence-corrected chi connectivity index (χ1v) is 5.51. The minimum atomic E-state index is 0.392. The molecule has 2 aromatic carbocycles. The quantitative estimate of drug-likeness (QED) is 0.866. The third kappa shape index (κ3) is 2.03. The van der Waals surface area contributed by atoms with Crippen molar-refractivity contribution in [3.8, 4) is 23.3 Å². The number of anilines is 1. The van der Waals surface area contributed by atoms with E-state index in [1.807, 2.05) is 36.4 Å². The van der Waals surface area contributed by atoms with Gasteiger partial charge in [0.25, 0.3) is 0 Å². The van der Waals surface area contributed by atoms with Crippen LogP contribution >= 0.6 is 0 Å². The van der Waals surface area contributed by atoms with Crippen molar-refractivity contribution in [2.75, 3.05) is 12.4 Å². The highest BCUT2D eigenvalue weighted by Gasteiger charge is 2.11. The van der Waals surface area contributed by atoms with Crippen LogP contribution in [0.4, 0.5) is 5.69 Å². The second kappa shape index (κ2) is 5.03. The predicted octanol–water partition coefficient (Wildman–Crippen LogP) is 3.14. The summed E-state index contributed by atoms with van der Waals surface area (Å²) in [5.74, 6) is 0. The molecule has 0 aliphatic rings. The summed E-state index contributed by atoms with van der Waals surface area (Å²) in [6, 6.07) is 17.3. The van der Waals surface area contributed by atoms with Crippen LogP contribution < -0.4 is 5.32 Å². The molecule has 0 radical (unpaired) electrons. The maximum Gasteiger partial charge on any atom is 0.101 e. The van der Waals surface area contributed by atoms with Crippen molar-refractivity contribution >= 4 is 5.69 Å². The van der Waals surface area contributed by atoms with Crippen LogP contribution in [0.25, 0.3) is 11.1 Å². The molecule has 3 heteroatoms. The molecule has 0 unspecified atom stereocenters. The van der Waals surface area contributed by atoms with Crippen molar-refractivity contribution in [3.63, 3.8) is 0 Å². The SMILES string of the molecule is CNc1cc(C#N)c(C#N)c(-c2ccccc2)c1. The Labute approximate surface area is 106 Å². The molecule has 0 aliphatic heterocycles. The minimum Gasteiger partial charge on any atom is -0.388 e. The highest BCUT2D eigenvalue weighted by atomic mass is 14.8. The van der Waals surface area contributed by atoms with E-state index in [9.17, 15) is 5.26 Å². The van der Waals surface area contributed by atoms with Gasteiger partial charge in [-0.05, 0) is 17.7 Å². The van der Waals surface area contributed by atoms with E-state index in [0.717, 1.165) is 16.8 Å². The Balaban J connectivity index is 2.74. The van der Waals surface area contributed by atoms with E-state index >= 15 is 0 Å². The number of nitrogens with zero attached hydrogens (tertiary/aromatic N) is 2. The molecule has 3 nitrogen and oxygen atoms in total. The summed E-state index contributed by atoms with van der Waals surface area (Å²) in [7, 11) is 1.79. The lowest BCUT2D eigenvalue weighted by molar-refractivity contribution is 1.41. The van der Waals surface area contributed by atoms with Gasteiger partial charge in [0.05, 0.1) is 11.1 Å². The Morgan fingerprint density at radius 3 is 2.28 bits per heavy atom. The lowest BCUT2D eigenvalue weighted by Crippen LogP contribution is -1.95. The molecular formula is C15H11N3. The summed E-state index contributed by atoms with van der Waals surface area (Å²) in [4.78, 5) is 0. The average molecular weight is 233 g/mol. The van der Waals surface area contributed by atoms with Crippen LogP contribution in [0.15, 0.2) is 42.5 Å². The molecule has 0 aromatic heterocycles. The van der Waals surface area contributed by atoms with Crippen LogP contribution in [0.2, 0.25) is 0 Å². The molecule has 0 saturated carbocycles. The molecule has 18 heavy (non-hydrogen) atoms. The number of nitrogens with one attached hydrogen (secondary N) is 1. The highest BCUT2D eigenvalue weighted by Crippen LogP contribution is 2.29. The van der Waals surface area contributed by atoms with Crippen LogP contribution in [0, 0.1) is 22.7 Å². The van der Waals surface area contributed by atoms with Gasteiger partial charge in [-0.2, -0.15) is 10.5 Å². The Kier molecular flexibility index (Phi) is 3.27. The van der Waals surface area contributed by atoms with Crippen LogP contribution in [0.3, 0.4) is 0 Å². The Morgan fingerprint density at radius 1 is 1.00 bits per heavy atom. The lowest BCUT2D eigenvalue weighted by Gasteiger charge is -2.09. The topological polar surface area (TPSA) is 59.6 Å². The molecule has 1 N–H and O–H groups in total. The Morgan fingerprint density at radius 2 is 1.72 bits per heavy atom. The maximum absolute atomic E-state index is 9.23. The number of nitriles is 2. The normalized spacial score (nSPS) is 9.28. The fourth-order valence-electron chi connectivity index (χ4n) is 1.84. The second-order valence-electron chi connectivity index (χ2n) is 3.79. The van der Waals surface area contributed by atoms with Gasteiger partial charge in [0, 0.05) is 18.3 Å². The van der Waals surface area contributed by atoms with Gasteiger partial charge in [0.15, 0.2) is 0 Å².